The van der Waals surface area contributed by atoms with Gasteiger partial charge in [-0.3, -0.25) is 9.69 Å². The van der Waals surface area contributed by atoms with Crippen LogP contribution in [0.15, 0.2) is 23.3 Å². The molecule has 12 heavy (non-hydrogen) atoms. The Bertz CT molecular complexity index is 276. The molecule has 0 aromatic carbocycles. The van der Waals surface area contributed by atoms with E-state index in [1.54, 1.807) is 6.92 Å². The highest BCUT2D eigenvalue weighted by Gasteiger charge is 2.22. The monoisotopic (exact) mass is 163 g/mol. The van der Waals surface area contributed by atoms with Crippen LogP contribution >= 0.6 is 0 Å². The third-order valence-corrected chi connectivity index (χ3v) is 2.39. The summed E-state index contributed by atoms with van der Waals surface area (Å²) in [6.07, 6.45) is 5.50. The van der Waals surface area contributed by atoms with Crippen molar-refractivity contribution in [1.29, 1.82) is 0 Å². The molecule has 0 saturated heterocycles. The van der Waals surface area contributed by atoms with Gasteiger partial charge in [0.1, 0.15) is 5.78 Å². The molecule has 1 heterocycles. The zero-order valence-corrected chi connectivity index (χ0v) is 7.34. The number of allylic oxidation sites excluding steroid dienone is 1. The largest absolute Gasteiger partial charge is 0.299 e. The summed E-state index contributed by atoms with van der Waals surface area (Å²) in [5.41, 5.74) is 2.95. The smallest absolute Gasteiger partial charge is 0.143 e. The van der Waals surface area contributed by atoms with Crippen molar-refractivity contribution in [3.63, 3.8) is 0 Å². The Morgan fingerprint density at radius 3 is 3.08 bits per heavy atom. The van der Waals surface area contributed by atoms with Gasteiger partial charge in [-0.15, -0.1) is 0 Å². The second-order valence-corrected chi connectivity index (χ2v) is 3.58. The van der Waals surface area contributed by atoms with Crippen molar-refractivity contribution in [1.82, 2.24) is 4.90 Å². The molecule has 1 aliphatic carbocycles. The lowest BCUT2D eigenvalue weighted by Crippen LogP contribution is -2.27. The summed E-state index contributed by atoms with van der Waals surface area (Å²) in [6, 6.07) is 0. The predicted octanol–water partition coefficient (Wildman–Crippen LogP) is 1.15. The molecule has 2 aliphatic rings. The Kier molecular flexibility index (Phi) is 1.85. The Morgan fingerprint density at radius 2 is 2.42 bits per heavy atom. The minimum atomic E-state index is 0.264. The summed E-state index contributed by atoms with van der Waals surface area (Å²) in [5, 5.41) is 0. The number of ketones is 1. The lowest BCUT2D eigenvalue weighted by Gasteiger charge is -2.13. The first-order valence-corrected chi connectivity index (χ1v) is 4.35. The highest BCUT2D eigenvalue weighted by molar-refractivity contribution is 5.77. The number of nitrogens with zero attached hydrogens (tertiary/aromatic N) is 1. The van der Waals surface area contributed by atoms with Gasteiger partial charge >= 0.3 is 0 Å². The van der Waals surface area contributed by atoms with Gasteiger partial charge in [-0.1, -0.05) is 12.2 Å². The fourth-order valence-corrected chi connectivity index (χ4v) is 1.92. The Balaban J connectivity index is 1.95. The maximum absolute atomic E-state index is 10.8. The van der Waals surface area contributed by atoms with Crippen LogP contribution in [-0.4, -0.2) is 30.3 Å². The van der Waals surface area contributed by atoms with Gasteiger partial charge in [-0.05, 0) is 24.5 Å². The summed E-state index contributed by atoms with van der Waals surface area (Å²) in [5.74, 6) is 0.264. The molecule has 2 rings (SSSR count). The van der Waals surface area contributed by atoms with Crippen LogP contribution in [0, 0.1) is 0 Å². The zero-order chi connectivity index (χ0) is 8.55. The SMILES string of the molecule is CC(=O)CN1CC2=C(CC=C2)C1. The third-order valence-electron chi connectivity index (χ3n) is 2.39. The second kappa shape index (κ2) is 2.87. The van der Waals surface area contributed by atoms with Gasteiger partial charge < -0.3 is 0 Å². The fourth-order valence-electron chi connectivity index (χ4n) is 1.92. The van der Waals surface area contributed by atoms with E-state index >= 15 is 0 Å². The van der Waals surface area contributed by atoms with Crippen molar-refractivity contribution in [3.05, 3.63) is 23.3 Å². The number of rotatable bonds is 2. The number of Topliss-reactive ketones (excluding diaryl/α,β-unsaturated/α-hetero) is 1. The average molecular weight is 163 g/mol. The highest BCUT2D eigenvalue weighted by atomic mass is 16.1. The topological polar surface area (TPSA) is 20.3 Å². The van der Waals surface area contributed by atoms with Crippen molar-refractivity contribution in [2.45, 2.75) is 13.3 Å². The second-order valence-electron chi connectivity index (χ2n) is 3.58. The summed E-state index contributed by atoms with van der Waals surface area (Å²) in [7, 11) is 0. The molecular weight excluding hydrogens is 150 g/mol. The predicted molar refractivity (Wildman–Crippen MR) is 47.9 cm³/mol. The maximum Gasteiger partial charge on any atom is 0.143 e. The Labute approximate surface area is 72.6 Å². The van der Waals surface area contributed by atoms with E-state index in [-0.39, 0.29) is 5.78 Å². The molecule has 1 aliphatic heterocycles. The minimum Gasteiger partial charge on any atom is -0.299 e. The van der Waals surface area contributed by atoms with Gasteiger partial charge in [0.2, 0.25) is 0 Å². The average Bonchev–Trinajstić information content (AvgIpc) is 2.43. The van der Waals surface area contributed by atoms with E-state index in [4.69, 9.17) is 0 Å². The highest BCUT2D eigenvalue weighted by Crippen LogP contribution is 2.26. The molecule has 64 valence electrons. The van der Waals surface area contributed by atoms with Crippen LogP contribution in [-0.2, 0) is 4.79 Å². The molecule has 0 aromatic rings. The van der Waals surface area contributed by atoms with Crippen molar-refractivity contribution >= 4 is 5.78 Å². The quantitative estimate of drug-likeness (QED) is 0.608. The normalized spacial score (nSPS) is 22.1. The van der Waals surface area contributed by atoms with Gasteiger partial charge in [0.15, 0.2) is 0 Å². The van der Waals surface area contributed by atoms with Crippen LogP contribution in [0.4, 0.5) is 0 Å². The van der Waals surface area contributed by atoms with Gasteiger partial charge in [0.25, 0.3) is 0 Å². The number of carbonyl (C=O) groups excluding carboxylic acids is 1. The van der Waals surface area contributed by atoms with E-state index in [0.29, 0.717) is 6.54 Å². The molecule has 0 radical (unpaired) electrons. The van der Waals surface area contributed by atoms with Crippen LogP contribution in [0.5, 0.6) is 0 Å². The summed E-state index contributed by atoms with van der Waals surface area (Å²) in [6.45, 7) is 4.24. The standard InChI is InChI=1S/C10H13NO/c1-8(12)5-11-6-9-3-2-4-10(9)7-11/h2-3H,4-7H2,1H3. The van der Waals surface area contributed by atoms with Gasteiger partial charge in [-0.2, -0.15) is 0 Å². The van der Waals surface area contributed by atoms with E-state index in [1.807, 2.05) is 0 Å². The van der Waals surface area contributed by atoms with Crippen LogP contribution in [0.2, 0.25) is 0 Å². The molecule has 0 fully saturated rings. The lowest BCUT2D eigenvalue weighted by atomic mass is 10.2. The van der Waals surface area contributed by atoms with E-state index in [2.05, 4.69) is 17.1 Å². The number of carbonyl (C=O) groups is 1. The molecule has 0 N–H and O–H groups in total. The molecule has 0 aromatic heterocycles. The third kappa shape index (κ3) is 1.34. The molecular formula is C10H13NO. The van der Waals surface area contributed by atoms with E-state index in [1.165, 1.54) is 11.1 Å². The first-order chi connectivity index (χ1) is 5.75. The fraction of sp³-hybridized carbons (Fsp3) is 0.500. The van der Waals surface area contributed by atoms with E-state index in [9.17, 15) is 4.79 Å². The summed E-state index contributed by atoms with van der Waals surface area (Å²) >= 11 is 0. The lowest BCUT2D eigenvalue weighted by molar-refractivity contribution is -0.117. The maximum atomic E-state index is 10.8. The number of hydrogen-bond acceptors (Lipinski definition) is 2. The van der Waals surface area contributed by atoms with Crippen LogP contribution < -0.4 is 0 Å². The van der Waals surface area contributed by atoms with E-state index in [0.717, 1.165) is 19.5 Å². The molecule has 0 bridgehead atoms. The Hall–Kier alpha value is -0.890. The van der Waals surface area contributed by atoms with Gasteiger partial charge in [0, 0.05) is 13.1 Å². The van der Waals surface area contributed by atoms with Crippen molar-refractivity contribution in [3.8, 4) is 0 Å². The minimum absolute atomic E-state index is 0.264. The van der Waals surface area contributed by atoms with Crippen molar-refractivity contribution < 1.29 is 4.79 Å². The van der Waals surface area contributed by atoms with Crippen LogP contribution in [0.25, 0.3) is 0 Å². The molecule has 2 nitrogen and oxygen atoms in total. The molecule has 0 amide bonds. The Morgan fingerprint density at radius 1 is 1.58 bits per heavy atom. The first-order valence-electron chi connectivity index (χ1n) is 4.35. The van der Waals surface area contributed by atoms with Gasteiger partial charge in [-0.25, -0.2) is 0 Å². The van der Waals surface area contributed by atoms with Crippen LogP contribution in [0.3, 0.4) is 0 Å². The molecule has 0 unspecified atom stereocenters. The first kappa shape index (κ1) is 7.74. The zero-order valence-electron chi connectivity index (χ0n) is 7.34. The summed E-state index contributed by atoms with van der Waals surface area (Å²) in [4.78, 5) is 13.0. The molecule has 2 heteroatoms. The summed E-state index contributed by atoms with van der Waals surface area (Å²) < 4.78 is 0. The molecule has 0 atom stereocenters. The van der Waals surface area contributed by atoms with Crippen molar-refractivity contribution in [2.24, 2.45) is 0 Å². The number of hydrogen-bond donors (Lipinski definition) is 0. The van der Waals surface area contributed by atoms with E-state index < -0.39 is 0 Å². The molecule has 0 spiro atoms. The van der Waals surface area contributed by atoms with Gasteiger partial charge in [0.05, 0.1) is 6.54 Å². The molecule has 0 saturated carbocycles. The van der Waals surface area contributed by atoms with Crippen LogP contribution in [0.1, 0.15) is 13.3 Å². The van der Waals surface area contributed by atoms with Crippen molar-refractivity contribution in [2.75, 3.05) is 19.6 Å².